The summed E-state index contributed by atoms with van der Waals surface area (Å²) >= 11 is 0. The lowest BCUT2D eigenvalue weighted by atomic mass is 10.2. The van der Waals surface area contributed by atoms with Crippen molar-refractivity contribution in [1.29, 1.82) is 0 Å². The molecule has 0 radical (unpaired) electrons. The lowest BCUT2D eigenvalue weighted by molar-refractivity contribution is -0.114. The van der Waals surface area contributed by atoms with Crippen molar-refractivity contribution < 1.29 is 9.32 Å². The predicted molar refractivity (Wildman–Crippen MR) is 51.8 cm³/mol. The summed E-state index contributed by atoms with van der Waals surface area (Å²) in [6.45, 7) is 3.54. The van der Waals surface area contributed by atoms with Gasteiger partial charge in [0, 0.05) is 13.3 Å². The molecule has 0 unspecified atom stereocenters. The number of amides is 1. The molecule has 1 amide bonds. The second-order valence-electron chi connectivity index (χ2n) is 3.15. The van der Waals surface area contributed by atoms with E-state index >= 15 is 0 Å². The molecule has 0 bridgehead atoms. The number of hydrogen-bond acceptors (Lipinski definition) is 4. The second kappa shape index (κ2) is 5.36. The van der Waals surface area contributed by atoms with Gasteiger partial charge < -0.3 is 4.52 Å². The number of carbonyl (C=O) groups is 1. The lowest BCUT2D eigenvalue weighted by Crippen LogP contribution is -2.05. The van der Waals surface area contributed by atoms with E-state index in [4.69, 9.17) is 4.52 Å². The Morgan fingerprint density at radius 1 is 1.50 bits per heavy atom. The quantitative estimate of drug-likeness (QED) is 0.730. The van der Waals surface area contributed by atoms with Gasteiger partial charge in [-0.05, 0) is 6.42 Å². The highest BCUT2D eigenvalue weighted by molar-refractivity contribution is 5.86. The largest absolute Gasteiger partial charge is 0.328 e. The van der Waals surface area contributed by atoms with E-state index in [1.165, 1.54) is 6.92 Å². The molecule has 0 aromatic carbocycles. The fourth-order valence-corrected chi connectivity index (χ4v) is 1.09. The number of hydrogen-bond donors (Lipinski definition) is 1. The summed E-state index contributed by atoms with van der Waals surface area (Å²) in [6.07, 6.45) is 4.17. The van der Waals surface area contributed by atoms with Crippen molar-refractivity contribution in [3.05, 3.63) is 5.82 Å². The third-order valence-corrected chi connectivity index (χ3v) is 1.75. The zero-order chi connectivity index (χ0) is 10.4. The van der Waals surface area contributed by atoms with Gasteiger partial charge in [0.05, 0.1) is 0 Å². The molecule has 78 valence electrons. The number of aromatic nitrogens is 2. The molecule has 5 heteroatoms. The van der Waals surface area contributed by atoms with Crippen LogP contribution < -0.4 is 5.32 Å². The van der Waals surface area contributed by atoms with Crippen molar-refractivity contribution in [3.8, 4) is 0 Å². The molecule has 0 aliphatic carbocycles. The summed E-state index contributed by atoms with van der Waals surface area (Å²) in [7, 11) is 0. The Balaban J connectivity index is 2.38. The van der Waals surface area contributed by atoms with Crippen LogP contribution in [0.15, 0.2) is 4.52 Å². The summed E-state index contributed by atoms with van der Waals surface area (Å²) in [5, 5.41) is 6.18. The van der Waals surface area contributed by atoms with E-state index in [2.05, 4.69) is 22.4 Å². The van der Waals surface area contributed by atoms with Crippen LogP contribution in [0.2, 0.25) is 0 Å². The summed E-state index contributed by atoms with van der Waals surface area (Å²) in [4.78, 5) is 14.7. The van der Waals surface area contributed by atoms with Crippen molar-refractivity contribution in [2.24, 2.45) is 0 Å². The fourth-order valence-electron chi connectivity index (χ4n) is 1.09. The minimum Gasteiger partial charge on any atom is -0.315 e. The van der Waals surface area contributed by atoms with E-state index in [9.17, 15) is 4.79 Å². The van der Waals surface area contributed by atoms with Crippen molar-refractivity contribution >= 4 is 11.9 Å². The summed E-state index contributed by atoms with van der Waals surface area (Å²) < 4.78 is 4.81. The van der Waals surface area contributed by atoms with Gasteiger partial charge in [-0.1, -0.05) is 24.9 Å². The minimum atomic E-state index is -0.200. The molecule has 0 aliphatic heterocycles. The topological polar surface area (TPSA) is 68.0 Å². The molecule has 0 saturated heterocycles. The molecule has 0 saturated carbocycles. The van der Waals surface area contributed by atoms with E-state index in [0.717, 1.165) is 25.7 Å². The van der Waals surface area contributed by atoms with Gasteiger partial charge in [-0.2, -0.15) is 4.98 Å². The highest BCUT2D eigenvalue weighted by atomic mass is 16.5. The molecule has 1 aromatic heterocycles. The number of aryl methyl sites for hydroxylation is 1. The Labute approximate surface area is 82.9 Å². The molecule has 0 atom stereocenters. The van der Waals surface area contributed by atoms with Crippen molar-refractivity contribution in [1.82, 2.24) is 10.1 Å². The first kappa shape index (κ1) is 10.7. The van der Waals surface area contributed by atoms with Crippen molar-refractivity contribution in [3.63, 3.8) is 0 Å². The monoisotopic (exact) mass is 197 g/mol. The first-order chi connectivity index (χ1) is 6.72. The lowest BCUT2D eigenvalue weighted by Gasteiger charge is -1.91. The maximum Gasteiger partial charge on any atom is 0.328 e. The van der Waals surface area contributed by atoms with Crippen LogP contribution in [-0.4, -0.2) is 16.0 Å². The SMILES string of the molecule is CCCCCc1noc(NC(C)=O)n1. The molecule has 0 aliphatic rings. The number of anilines is 1. The Morgan fingerprint density at radius 2 is 2.29 bits per heavy atom. The first-order valence-corrected chi connectivity index (χ1v) is 4.82. The summed E-state index contributed by atoms with van der Waals surface area (Å²) in [5.41, 5.74) is 0. The third-order valence-electron chi connectivity index (χ3n) is 1.75. The minimum absolute atomic E-state index is 0.184. The fraction of sp³-hybridized carbons (Fsp3) is 0.667. The van der Waals surface area contributed by atoms with E-state index in [-0.39, 0.29) is 11.9 Å². The van der Waals surface area contributed by atoms with Gasteiger partial charge in [0.15, 0.2) is 5.82 Å². The molecule has 14 heavy (non-hydrogen) atoms. The maximum atomic E-state index is 10.6. The molecule has 1 rings (SSSR count). The van der Waals surface area contributed by atoms with Gasteiger partial charge in [0.2, 0.25) is 5.91 Å². The van der Waals surface area contributed by atoms with E-state index in [1.54, 1.807) is 0 Å². The van der Waals surface area contributed by atoms with E-state index in [0.29, 0.717) is 5.82 Å². The van der Waals surface area contributed by atoms with Crippen LogP contribution >= 0.6 is 0 Å². The van der Waals surface area contributed by atoms with Crippen LogP contribution in [0, 0.1) is 0 Å². The zero-order valence-electron chi connectivity index (χ0n) is 8.54. The van der Waals surface area contributed by atoms with Gasteiger partial charge in [-0.3, -0.25) is 10.1 Å². The number of unbranched alkanes of at least 4 members (excludes halogenated alkanes) is 2. The molecule has 1 N–H and O–H groups in total. The highest BCUT2D eigenvalue weighted by Gasteiger charge is 2.06. The molecule has 1 heterocycles. The van der Waals surface area contributed by atoms with Crippen molar-refractivity contribution in [2.75, 3.05) is 5.32 Å². The Morgan fingerprint density at radius 3 is 2.93 bits per heavy atom. The van der Waals surface area contributed by atoms with E-state index < -0.39 is 0 Å². The predicted octanol–water partition coefficient (Wildman–Crippen LogP) is 1.76. The van der Waals surface area contributed by atoms with Gasteiger partial charge in [0.25, 0.3) is 0 Å². The maximum absolute atomic E-state index is 10.6. The van der Waals surface area contributed by atoms with Gasteiger partial charge >= 0.3 is 6.01 Å². The van der Waals surface area contributed by atoms with Gasteiger partial charge in [0.1, 0.15) is 0 Å². The van der Waals surface area contributed by atoms with Crippen LogP contribution in [0.25, 0.3) is 0 Å². The molecular formula is C9H15N3O2. The smallest absolute Gasteiger partial charge is 0.315 e. The van der Waals surface area contributed by atoms with Crippen LogP contribution in [0.3, 0.4) is 0 Å². The number of rotatable bonds is 5. The molecule has 0 fully saturated rings. The van der Waals surface area contributed by atoms with Crippen molar-refractivity contribution in [2.45, 2.75) is 39.5 Å². The number of carbonyl (C=O) groups excluding carboxylic acids is 1. The average Bonchev–Trinajstić information content (AvgIpc) is 2.52. The number of nitrogens with one attached hydrogen (secondary N) is 1. The van der Waals surface area contributed by atoms with E-state index in [1.807, 2.05) is 0 Å². The summed E-state index contributed by atoms with van der Waals surface area (Å²) in [6, 6.07) is 0.184. The Hall–Kier alpha value is -1.39. The third kappa shape index (κ3) is 3.55. The van der Waals surface area contributed by atoms with Crippen LogP contribution in [-0.2, 0) is 11.2 Å². The molecular weight excluding hydrogens is 182 g/mol. The average molecular weight is 197 g/mol. The van der Waals surface area contributed by atoms with Crippen LogP contribution in [0.1, 0.15) is 38.9 Å². The van der Waals surface area contributed by atoms with Crippen LogP contribution in [0.5, 0.6) is 0 Å². The summed E-state index contributed by atoms with van der Waals surface area (Å²) in [5.74, 6) is 0.455. The Bertz CT molecular complexity index is 296. The first-order valence-electron chi connectivity index (χ1n) is 4.82. The Kier molecular flexibility index (Phi) is 4.10. The molecule has 1 aromatic rings. The zero-order valence-corrected chi connectivity index (χ0v) is 8.54. The normalized spacial score (nSPS) is 10.1. The standard InChI is InChI=1S/C9H15N3O2/c1-3-4-5-6-8-11-9(14-12-8)10-7(2)13/h3-6H2,1-2H3,(H,10,11,12,13). The second-order valence-corrected chi connectivity index (χ2v) is 3.15. The highest BCUT2D eigenvalue weighted by Crippen LogP contribution is 2.06. The molecule has 5 nitrogen and oxygen atoms in total. The van der Waals surface area contributed by atoms with Gasteiger partial charge in [-0.15, -0.1) is 0 Å². The van der Waals surface area contributed by atoms with Gasteiger partial charge in [-0.25, -0.2) is 0 Å². The van der Waals surface area contributed by atoms with Crippen LogP contribution in [0.4, 0.5) is 6.01 Å². The number of nitrogens with zero attached hydrogens (tertiary/aromatic N) is 2. The molecule has 0 spiro atoms.